The quantitative estimate of drug-likeness (QED) is 0.160. The van der Waals surface area contributed by atoms with Crippen LogP contribution in [0.2, 0.25) is 0 Å². The molecule has 2 atom stereocenters. The highest BCUT2D eigenvalue weighted by Crippen LogP contribution is 2.51. The van der Waals surface area contributed by atoms with Crippen LogP contribution in [-0.4, -0.2) is 69.2 Å². The smallest absolute Gasteiger partial charge is 0.393 e. The highest BCUT2D eigenvalue weighted by atomic mass is 32.1. The van der Waals surface area contributed by atoms with Gasteiger partial charge in [0, 0.05) is 30.7 Å². The van der Waals surface area contributed by atoms with Gasteiger partial charge in [-0.05, 0) is 61.5 Å². The molecule has 1 aromatic heterocycles. The molecule has 0 spiro atoms. The number of piperidine rings is 1. The number of rotatable bonds is 8. The monoisotopic (exact) mass is 625 g/mol. The van der Waals surface area contributed by atoms with Crippen molar-refractivity contribution in [2.45, 2.75) is 44.1 Å². The number of alkyl halides is 5. The lowest BCUT2D eigenvalue weighted by Crippen LogP contribution is -2.46. The number of nitrogens with zero attached hydrogens (tertiary/aromatic N) is 1. The molecule has 0 radical (unpaired) electrons. The number of nitrogens with one attached hydrogen (secondary N) is 2. The maximum absolute atomic E-state index is 14.7. The zero-order chi connectivity index (χ0) is 29.9. The molecule has 0 bridgehead atoms. The van der Waals surface area contributed by atoms with Crippen LogP contribution in [0.3, 0.4) is 0 Å². The van der Waals surface area contributed by atoms with Crippen molar-refractivity contribution < 1.29 is 31.3 Å². The second-order valence-electron chi connectivity index (χ2n) is 10.8. The fourth-order valence-corrected chi connectivity index (χ4v) is 9.72. The molecule has 5 rings (SSSR count). The maximum Gasteiger partial charge on any atom is 0.393 e. The zero-order valence-corrected chi connectivity index (χ0v) is 24.9. The molecule has 2 aliphatic heterocycles. The van der Waals surface area contributed by atoms with E-state index < -0.39 is 38.8 Å². The van der Waals surface area contributed by atoms with E-state index in [9.17, 15) is 26.5 Å². The summed E-state index contributed by atoms with van der Waals surface area (Å²) in [5.74, 6) is 6.00. The molecule has 2 saturated heterocycles. The Morgan fingerprint density at radius 2 is 1.95 bits per heavy atom. The third-order valence-corrected chi connectivity index (χ3v) is 12.3. The third-order valence-electron chi connectivity index (χ3n) is 7.78. The van der Waals surface area contributed by atoms with Gasteiger partial charge in [-0.25, -0.2) is 8.78 Å². The molecule has 2 fully saturated rings. The summed E-state index contributed by atoms with van der Waals surface area (Å²) in [4.78, 5) is 2.20. The van der Waals surface area contributed by atoms with E-state index >= 15 is 0 Å². The Balaban J connectivity index is 1.38. The van der Waals surface area contributed by atoms with Crippen LogP contribution in [0, 0.1) is 11.8 Å². The van der Waals surface area contributed by atoms with E-state index in [-0.39, 0.29) is 22.7 Å². The van der Waals surface area contributed by atoms with Crippen LogP contribution in [-0.2, 0) is 11.0 Å². The molecule has 2 aromatic carbocycles. The second kappa shape index (κ2) is 12.8. The molecule has 0 saturated carbocycles. The lowest BCUT2D eigenvalue weighted by atomic mass is 10.0. The van der Waals surface area contributed by atoms with Crippen molar-refractivity contribution >= 4 is 45.2 Å². The summed E-state index contributed by atoms with van der Waals surface area (Å²) < 4.78 is 87.5. The average molecular weight is 626 g/mol. The first-order valence-electron chi connectivity index (χ1n) is 13.9. The van der Waals surface area contributed by atoms with E-state index in [1.807, 2.05) is 11.9 Å². The zero-order valence-electron chi connectivity index (χ0n) is 23.2. The van der Waals surface area contributed by atoms with Crippen LogP contribution < -0.4 is 20.7 Å². The van der Waals surface area contributed by atoms with Gasteiger partial charge in [0.1, 0.15) is 19.1 Å². The summed E-state index contributed by atoms with van der Waals surface area (Å²) in [5.41, 5.74) is 1.14. The number of halogens is 5. The van der Waals surface area contributed by atoms with Gasteiger partial charge in [-0.2, -0.15) is 13.2 Å². The lowest BCUT2D eigenvalue weighted by molar-refractivity contribution is -0.126. The summed E-state index contributed by atoms with van der Waals surface area (Å²) in [6.45, 7) is 0.0142. The Hall–Kier alpha value is -2.80. The predicted molar refractivity (Wildman–Crippen MR) is 161 cm³/mol. The van der Waals surface area contributed by atoms with Crippen LogP contribution in [0.25, 0.3) is 10.1 Å². The minimum Gasteiger partial charge on any atom is -0.461 e. The van der Waals surface area contributed by atoms with Crippen molar-refractivity contribution in [3.63, 3.8) is 0 Å². The molecule has 2 aliphatic rings. The van der Waals surface area contributed by atoms with E-state index in [4.69, 9.17) is 4.74 Å². The van der Waals surface area contributed by atoms with Crippen LogP contribution in [0.5, 0.6) is 5.75 Å². The van der Waals surface area contributed by atoms with Crippen molar-refractivity contribution in [2.75, 3.05) is 56.5 Å². The molecule has 0 amide bonds. The fourth-order valence-electron chi connectivity index (χ4n) is 5.64. The van der Waals surface area contributed by atoms with Gasteiger partial charge >= 0.3 is 6.18 Å². The number of ether oxygens (including phenoxy) is 1. The largest absolute Gasteiger partial charge is 0.461 e. The molecule has 3 heterocycles. The normalized spacial score (nSPS) is 20.7. The van der Waals surface area contributed by atoms with Crippen molar-refractivity contribution in [1.29, 1.82) is 0 Å². The molecule has 5 nitrogen and oxygen atoms in total. The Bertz CT molecular complexity index is 1520. The van der Waals surface area contributed by atoms with Crippen molar-refractivity contribution in [2.24, 2.45) is 0 Å². The topological polar surface area (TPSA) is 53.6 Å². The van der Waals surface area contributed by atoms with Gasteiger partial charge in [0.05, 0.1) is 40.0 Å². The van der Waals surface area contributed by atoms with Crippen molar-refractivity contribution in [3.8, 4) is 17.6 Å². The Morgan fingerprint density at radius 1 is 1.17 bits per heavy atom. The highest BCUT2D eigenvalue weighted by Gasteiger charge is 2.32. The minimum atomic E-state index is -4.44. The molecule has 2 N–H and O–H groups in total. The summed E-state index contributed by atoms with van der Waals surface area (Å²) >= 11 is 1.15. The minimum absolute atomic E-state index is 0.0591. The third kappa shape index (κ3) is 7.04. The van der Waals surface area contributed by atoms with Crippen molar-refractivity contribution in [3.05, 3.63) is 46.8 Å². The number of fused-ring (bicyclic) bond motifs is 1. The SMILES string of the molecule is CN1CCC(Nc2cccc3c(CC(F)(F)F)c(C#CCNc4ccc(P5(=O)CCCC5)cc4OCF)sc23)C(F)C1. The maximum atomic E-state index is 14.7. The molecule has 3 aromatic rings. The fraction of sp³-hybridized carbons (Fsp3) is 0.467. The molecule has 2 unspecified atom stereocenters. The molecule has 226 valence electrons. The number of anilines is 2. The highest BCUT2D eigenvalue weighted by molar-refractivity contribution is 7.71. The Labute approximate surface area is 246 Å². The summed E-state index contributed by atoms with van der Waals surface area (Å²) in [5, 5.41) is 7.38. The van der Waals surface area contributed by atoms with E-state index in [0.717, 1.165) is 30.7 Å². The number of benzene rings is 2. The van der Waals surface area contributed by atoms with E-state index in [2.05, 4.69) is 22.5 Å². The summed E-state index contributed by atoms with van der Waals surface area (Å²) in [6.07, 6.45) is -3.05. The molecule has 12 heteroatoms. The first-order chi connectivity index (χ1) is 20.1. The summed E-state index contributed by atoms with van der Waals surface area (Å²) in [6, 6.07) is 9.67. The Kier molecular flexibility index (Phi) is 9.36. The predicted octanol–water partition coefficient (Wildman–Crippen LogP) is 7.01. The second-order valence-corrected chi connectivity index (χ2v) is 15.0. The molecule has 42 heavy (non-hydrogen) atoms. The number of hydrogen-bond donors (Lipinski definition) is 2. The molecular weight excluding hydrogens is 592 g/mol. The van der Waals surface area contributed by atoms with Gasteiger partial charge in [0.15, 0.2) is 0 Å². The number of likely N-dealkylation sites (tertiary alicyclic amines) is 1. The number of thiophene rings is 1. The van der Waals surface area contributed by atoms with Crippen LogP contribution in [0.4, 0.5) is 33.3 Å². The van der Waals surface area contributed by atoms with Gasteiger partial charge in [0.25, 0.3) is 0 Å². The molecule has 0 aliphatic carbocycles. The van der Waals surface area contributed by atoms with E-state index in [0.29, 0.717) is 52.1 Å². The van der Waals surface area contributed by atoms with Gasteiger partial charge in [-0.3, -0.25) is 0 Å². The molecular formula is C30H33F5N3O2PS. The standard InChI is InChI=1S/C30H33F5N3O2PS/c1-38-13-11-24(23(32)18-38)37-26-7-4-6-21-22(17-30(33,34)35)28(42-29(21)26)8-5-12-36-25-10-9-20(16-27(25)40-19-31)41(39)14-2-3-15-41/h4,6-7,9-10,16,23-24,36-37H,2-3,11-15,17-19H2,1H3. The lowest BCUT2D eigenvalue weighted by Gasteiger charge is -2.33. The van der Waals surface area contributed by atoms with Gasteiger partial charge in [-0.1, -0.05) is 24.0 Å². The van der Waals surface area contributed by atoms with Crippen molar-refractivity contribution in [1.82, 2.24) is 4.90 Å². The first kappa shape index (κ1) is 30.7. The van der Waals surface area contributed by atoms with Crippen LogP contribution >= 0.6 is 18.5 Å². The van der Waals surface area contributed by atoms with Crippen LogP contribution in [0.1, 0.15) is 29.7 Å². The van der Waals surface area contributed by atoms with Gasteiger partial charge < -0.3 is 24.8 Å². The van der Waals surface area contributed by atoms with Gasteiger partial charge in [-0.15, -0.1) is 11.3 Å². The van der Waals surface area contributed by atoms with Gasteiger partial charge in [0.2, 0.25) is 6.86 Å². The first-order valence-corrected chi connectivity index (χ1v) is 16.8. The number of hydrogen-bond acceptors (Lipinski definition) is 6. The van der Waals surface area contributed by atoms with E-state index in [1.165, 1.54) is 0 Å². The van der Waals surface area contributed by atoms with Crippen LogP contribution in [0.15, 0.2) is 36.4 Å². The average Bonchev–Trinajstić information content (AvgIpc) is 3.53. The summed E-state index contributed by atoms with van der Waals surface area (Å²) in [7, 11) is -0.645. The van der Waals surface area contributed by atoms with E-state index in [1.54, 1.807) is 36.4 Å². The Morgan fingerprint density at radius 3 is 2.67 bits per heavy atom.